The Labute approximate surface area is 128 Å². The Bertz CT molecular complexity index is 618. The maximum atomic E-state index is 14.8. The number of aromatic nitrogens is 1. The van der Waals surface area contributed by atoms with Crippen molar-refractivity contribution in [2.45, 2.75) is 30.5 Å². The lowest BCUT2D eigenvalue weighted by molar-refractivity contribution is -0.0786. The number of alkyl halides is 3. The molecule has 1 saturated heterocycles. The molecule has 3 rings (SSSR count). The van der Waals surface area contributed by atoms with Crippen molar-refractivity contribution in [3.8, 4) is 0 Å². The van der Waals surface area contributed by atoms with E-state index in [0.29, 0.717) is 4.47 Å². The van der Waals surface area contributed by atoms with Gasteiger partial charge in [0.25, 0.3) is 0 Å². The minimum Gasteiger partial charge on any atom is -0.358 e. The molecule has 2 heterocycles. The smallest absolute Gasteiger partial charge is 0.324 e. The maximum absolute atomic E-state index is 14.8. The van der Waals surface area contributed by atoms with Gasteiger partial charge in [-0.05, 0) is 35.0 Å². The van der Waals surface area contributed by atoms with Gasteiger partial charge in [0.1, 0.15) is 11.4 Å². The van der Waals surface area contributed by atoms with E-state index in [1.165, 1.54) is 31.3 Å². The van der Waals surface area contributed by atoms with E-state index in [0.717, 1.165) is 0 Å². The summed E-state index contributed by atoms with van der Waals surface area (Å²) in [5.74, 6) is -3.39. The van der Waals surface area contributed by atoms with Crippen molar-refractivity contribution < 1.29 is 17.9 Å². The lowest BCUT2D eigenvalue weighted by atomic mass is 9.78. The third-order valence-electron chi connectivity index (χ3n) is 3.89. The Morgan fingerprint density at radius 3 is 2.62 bits per heavy atom. The summed E-state index contributed by atoms with van der Waals surface area (Å²) < 4.78 is 49.9. The number of hydrogen-bond acceptors (Lipinski definition) is 2. The number of hydrogen-bond donors (Lipinski definition) is 0. The predicted molar refractivity (Wildman–Crippen MR) is 75.9 cm³/mol. The number of halogens is 4. The van der Waals surface area contributed by atoms with Crippen molar-refractivity contribution in [2.75, 3.05) is 6.61 Å². The molecular weight excluding hydrogens is 347 g/mol. The van der Waals surface area contributed by atoms with Crippen molar-refractivity contribution in [3.63, 3.8) is 0 Å². The Hall–Kier alpha value is -1.14. The highest BCUT2D eigenvalue weighted by molar-refractivity contribution is 9.10. The standard InChI is InChI=1S/C15H13BrF3NO/c1-13(17)7-3-2-4-11(13)14(9-21-14)15(18,19)12-6-5-10(16)8-20-12/h2-6,8H,7,9H2,1H3. The van der Waals surface area contributed by atoms with Gasteiger partial charge in [0.05, 0.1) is 6.61 Å². The van der Waals surface area contributed by atoms with Crippen LogP contribution in [0.2, 0.25) is 0 Å². The molecule has 0 amide bonds. The molecular formula is C15H13BrF3NO. The fourth-order valence-corrected chi connectivity index (χ4v) is 2.87. The van der Waals surface area contributed by atoms with Gasteiger partial charge in [-0.3, -0.25) is 4.98 Å². The first-order valence-corrected chi connectivity index (χ1v) is 7.29. The third-order valence-corrected chi connectivity index (χ3v) is 4.36. The highest BCUT2D eigenvalue weighted by Crippen LogP contribution is 2.57. The van der Waals surface area contributed by atoms with Crippen molar-refractivity contribution in [1.29, 1.82) is 0 Å². The summed E-state index contributed by atoms with van der Waals surface area (Å²) in [5, 5.41) is 0. The van der Waals surface area contributed by atoms with Gasteiger partial charge in [-0.25, -0.2) is 4.39 Å². The number of allylic oxidation sites excluding steroid dienone is 3. The largest absolute Gasteiger partial charge is 0.358 e. The van der Waals surface area contributed by atoms with Gasteiger partial charge in [-0.1, -0.05) is 18.2 Å². The van der Waals surface area contributed by atoms with E-state index in [9.17, 15) is 13.2 Å². The van der Waals surface area contributed by atoms with Crippen molar-refractivity contribution in [3.05, 3.63) is 52.3 Å². The molecule has 112 valence electrons. The van der Waals surface area contributed by atoms with Crippen LogP contribution in [-0.2, 0) is 10.7 Å². The molecule has 2 atom stereocenters. The average molecular weight is 360 g/mol. The second-order valence-corrected chi connectivity index (χ2v) is 6.38. The van der Waals surface area contributed by atoms with Gasteiger partial charge in [0.2, 0.25) is 0 Å². The molecule has 0 bridgehead atoms. The fourth-order valence-electron chi connectivity index (χ4n) is 2.64. The number of nitrogens with zero attached hydrogens (tertiary/aromatic N) is 1. The van der Waals surface area contributed by atoms with E-state index in [4.69, 9.17) is 4.74 Å². The average Bonchev–Trinajstić information content (AvgIpc) is 3.20. The molecule has 21 heavy (non-hydrogen) atoms. The van der Waals surface area contributed by atoms with Crippen LogP contribution in [0, 0.1) is 0 Å². The summed E-state index contributed by atoms with van der Waals surface area (Å²) in [4.78, 5) is 3.75. The zero-order valence-electron chi connectivity index (χ0n) is 11.2. The topological polar surface area (TPSA) is 25.4 Å². The second kappa shape index (κ2) is 4.68. The summed E-state index contributed by atoms with van der Waals surface area (Å²) >= 11 is 3.15. The van der Waals surface area contributed by atoms with E-state index < -0.39 is 22.9 Å². The van der Waals surface area contributed by atoms with E-state index in [-0.39, 0.29) is 18.6 Å². The van der Waals surface area contributed by atoms with Gasteiger partial charge < -0.3 is 4.74 Å². The van der Waals surface area contributed by atoms with Gasteiger partial charge >= 0.3 is 5.92 Å². The van der Waals surface area contributed by atoms with Crippen LogP contribution >= 0.6 is 15.9 Å². The Kier molecular flexibility index (Phi) is 3.29. The summed E-state index contributed by atoms with van der Waals surface area (Å²) in [5.41, 5.74) is -4.21. The zero-order chi connectivity index (χ0) is 15.3. The number of pyridine rings is 1. The molecule has 1 fully saturated rings. The summed E-state index contributed by atoms with van der Waals surface area (Å²) in [6.07, 6.45) is 5.96. The molecule has 0 radical (unpaired) electrons. The highest BCUT2D eigenvalue weighted by Gasteiger charge is 2.70. The minimum absolute atomic E-state index is 0.0211. The van der Waals surface area contributed by atoms with Gasteiger partial charge in [0, 0.05) is 22.7 Å². The molecule has 0 spiro atoms. The van der Waals surface area contributed by atoms with Crippen molar-refractivity contribution in [1.82, 2.24) is 4.98 Å². The van der Waals surface area contributed by atoms with Crippen LogP contribution in [0.25, 0.3) is 0 Å². The van der Waals surface area contributed by atoms with E-state index in [1.54, 1.807) is 12.2 Å². The summed E-state index contributed by atoms with van der Waals surface area (Å²) in [6.45, 7) is 1.09. The van der Waals surface area contributed by atoms with E-state index in [1.807, 2.05) is 0 Å². The monoisotopic (exact) mass is 359 g/mol. The third kappa shape index (κ3) is 2.25. The molecule has 0 saturated carbocycles. The molecule has 1 aliphatic heterocycles. The lowest BCUT2D eigenvalue weighted by Crippen LogP contribution is -2.44. The van der Waals surface area contributed by atoms with Crippen LogP contribution in [0.5, 0.6) is 0 Å². The zero-order valence-corrected chi connectivity index (χ0v) is 12.8. The second-order valence-electron chi connectivity index (χ2n) is 5.46. The number of ether oxygens (including phenoxy) is 1. The van der Waals surface area contributed by atoms with E-state index >= 15 is 0 Å². The first-order valence-electron chi connectivity index (χ1n) is 6.50. The first-order chi connectivity index (χ1) is 9.80. The maximum Gasteiger partial charge on any atom is 0.324 e. The molecule has 1 aliphatic carbocycles. The molecule has 2 aliphatic rings. The van der Waals surface area contributed by atoms with Crippen LogP contribution in [-0.4, -0.2) is 22.9 Å². The fraction of sp³-hybridized carbons (Fsp3) is 0.400. The number of rotatable bonds is 3. The van der Waals surface area contributed by atoms with Crippen LogP contribution in [0.4, 0.5) is 13.2 Å². The van der Waals surface area contributed by atoms with Crippen molar-refractivity contribution >= 4 is 15.9 Å². The molecule has 6 heteroatoms. The minimum atomic E-state index is -3.39. The molecule has 0 aromatic carbocycles. The Morgan fingerprint density at radius 2 is 2.10 bits per heavy atom. The lowest BCUT2D eigenvalue weighted by Gasteiger charge is -2.33. The quantitative estimate of drug-likeness (QED) is 0.751. The Morgan fingerprint density at radius 1 is 1.38 bits per heavy atom. The van der Waals surface area contributed by atoms with Crippen LogP contribution < -0.4 is 0 Å². The van der Waals surface area contributed by atoms with Gasteiger partial charge in [-0.15, -0.1) is 0 Å². The number of epoxide rings is 1. The van der Waals surface area contributed by atoms with Crippen LogP contribution in [0.15, 0.2) is 46.6 Å². The molecule has 2 unspecified atom stereocenters. The van der Waals surface area contributed by atoms with Crippen LogP contribution in [0.1, 0.15) is 19.0 Å². The molecule has 1 aromatic heterocycles. The normalized spacial score (nSPS) is 32.0. The highest BCUT2D eigenvalue weighted by atomic mass is 79.9. The SMILES string of the molecule is CC1(F)CC=CC=C1C1(C(F)(F)c2ccc(Br)cn2)CO1. The summed E-state index contributed by atoms with van der Waals surface area (Å²) in [7, 11) is 0. The summed E-state index contributed by atoms with van der Waals surface area (Å²) in [6, 6.07) is 2.71. The molecule has 0 N–H and O–H groups in total. The molecule has 2 nitrogen and oxygen atoms in total. The van der Waals surface area contributed by atoms with E-state index in [2.05, 4.69) is 20.9 Å². The van der Waals surface area contributed by atoms with Crippen molar-refractivity contribution in [2.24, 2.45) is 0 Å². The van der Waals surface area contributed by atoms with Crippen LogP contribution in [0.3, 0.4) is 0 Å². The predicted octanol–water partition coefficient (Wildman–Crippen LogP) is 4.32. The molecule has 1 aromatic rings. The first kappa shape index (κ1) is 14.8. The van der Waals surface area contributed by atoms with Gasteiger partial charge in [-0.2, -0.15) is 8.78 Å². The van der Waals surface area contributed by atoms with Gasteiger partial charge in [0.15, 0.2) is 5.60 Å². The Balaban J connectivity index is 2.03.